The van der Waals surface area contributed by atoms with Crippen molar-refractivity contribution >= 4 is 10.1 Å². The minimum Gasteiger partial charge on any atom is -0.286 e. The van der Waals surface area contributed by atoms with Crippen LogP contribution in [0.2, 0.25) is 0 Å². The van der Waals surface area contributed by atoms with Crippen LogP contribution in [-0.2, 0) is 10.1 Å². The summed E-state index contributed by atoms with van der Waals surface area (Å²) in [5.74, 6) is 1.36. The summed E-state index contributed by atoms with van der Waals surface area (Å²) in [5, 5.41) is 0. The Morgan fingerprint density at radius 2 is 2.13 bits per heavy atom. The molecule has 3 unspecified atom stereocenters. The van der Waals surface area contributed by atoms with Crippen LogP contribution >= 0.6 is 0 Å². The molecule has 1 saturated carbocycles. The van der Waals surface area contributed by atoms with Crippen molar-refractivity contribution in [3.63, 3.8) is 0 Å². The highest BCUT2D eigenvalue weighted by Gasteiger charge is 2.31. The zero-order chi connectivity index (χ0) is 11.1. The lowest BCUT2D eigenvalue weighted by Crippen LogP contribution is -2.27. The van der Waals surface area contributed by atoms with Gasteiger partial charge in [0, 0.05) is 0 Å². The zero-order valence-electron chi connectivity index (χ0n) is 9.02. The van der Waals surface area contributed by atoms with Crippen molar-refractivity contribution in [3.8, 4) is 0 Å². The summed E-state index contributed by atoms with van der Waals surface area (Å²) in [6.07, 6.45) is 6.42. The standard InChI is InChI=1S/C11H18O3S/c1-8-2-9-4-10(3-8)6-11(5-9)7-15(12,13)14/h2,8,10-11H,3-7H2,1H3,(H,12,13,14). The van der Waals surface area contributed by atoms with E-state index in [1.165, 1.54) is 12.0 Å². The van der Waals surface area contributed by atoms with Gasteiger partial charge in [-0.05, 0) is 43.4 Å². The maximum absolute atomic E-state index is 10.8. The molecule has 0 heterocycles. The van der Waals surface area contributed by atoms with Crippen LogP contribution in [0.25, 0.3) is 0 Å². The molecule has 15 heavy (non-hydrogen) atoms. The smallest absolute Gasteiger partial charge is 0.265 e. The van der Waals surface area contributed by atoms with Crippen LogP contribution < -0.4 is 0 Å². The van der Waals surface area contributed by atoms with E-state index < -0.39 is 10.1 Å². The summed E-state index contributed by atoms with van der Waals surface area (Å²) in [6, 6.07) is 0. The minimum atomic E-state index is -3.80. The van der Waals surface area contributed by atoms with Gasteiger partial charge in [-0.2, -0.15) is 8.42 Å². The predicted molar refractivity (Wildman–Crippen MR) is 59.1 cm³/mol. The Kier molecular flexibility index (Phi) is 2.90. The Hall–Kier alpha value is -0.350. The van der Waals surface area contributed by atoms with Crippen LogP contribution in [0.15, 0.2) is 11.6 Å². The van der Waals surface area contributed by atoms with Crippen LogP contribution in [0.4, 0.5) is 0 Å². The second-order valence-electron chi connectivity index (χ2n) is 5.16. The van der Waals surface area contributed by atoms with E-state index >= 15 is 0 Å². The molecule has 4 heteroatoms. The molecule has 0 aromatic carbocycles. The van der Waals surface area contributed by atoms with E-state index in [4.69, 9.17) is 4.55 Å². The first-order valence-electron chi connectivity index (χ1n) is 5.57. The van der Waals surface area contributed by atoms with E-state index in [0.717, 1.165) is 19.3 Å². The van der Waals surface area contributed by atoms with Crippen LogP contribution in [0, 0.1) is 17.8 Å². The molecule has 0 spiro atoms. The maximum Gasteiger partial charge on any atom is 0.265 e. The Morgan fingerprint density at radius 1 is 1.40 bits per heavy atom. The van der Waals surface area contributed by atoms with Gasteiger partial charge in [0.25, 0.3) is 10.1 Å². The molecule has 2 aliphatic rings. The lowest BCUT2D eigenvalue weighted by Gasteiger charge is -2.35. The molecule has 1 N–H and O–H groups in total. The highest BCUT2D eigenvalue weighted by molar-refractivity contribution is 7.85. The minimum absolute atomic E-state index is 0.0603. The van der Waals surface area contributed by atoms with E-state index in [1.54, 1.807) is 0 Å². The topological polar surface area (TPSA) is 54.4 Å². The largest absolute Gasteiger partial charge is 0.286 e. The molecule has 2 bridgehead atoms. The Balaban J connectivity index is 2.06. The summed E-state index contributed by atoms with van der Waals surface area (Å²) in [4.78, 5) is 0. The summed E-state index contributed by atoms with van der Waals surface area (Å²) in [5.41, 5.74) is 1.40. The van der Waals surface area contributed by atoms with Crippen molar-refractivity contribution in [3.05, 3.63) is 11.6 Å². The quantitative estimate of drug-likeness (QED) is 0.585. The van der Waals surface area contributed by atoms with Gasteiger partial charge >= 0.3 is 0 Å². The lowest BCUT2D eigenvalue weighted by atomic mass is 9.71. The third-order valence-corrected chi connectivity index (χ3v) is 4.33. The number of rotatable bonds is 2. The fourth-order valence-electron chi connectivity index (χ4n) is 3.20. The second-order valence-corrected chi connectivity index (χ2v) is 6.66. The first kappa shape index (κ1) is 11.1. The number of hydrogen-bond donors (Lipinski definition) is 1. The third kappa shape index (κ3) is 3.05. The van der Waals surface area contributed by atoms with Gasteiger partial charge in [-0.15, -0.1) is 0 Å². The van der Waals surface area contributed by atoms with Gasteiger partial charge in [0.2, 0.25) is 0 Å². The Labute approximate surface area is 91.3 Å². The number of hydrogen-bond acceptors (Lipinski definition) is 2. The van der Waals surface area contributed by atoms with Crippen molar-refractivity contribution in [2.75, 3.05) is 5.75 Å². The van der Waals surface area contributed by atoms with Gasteiger partial charge in [0.15, 0.2) is 0 Å². The molecule has 3 atom stereocenters. The maximum atomic E-state index is 10.8. The van der Waals surface area contributed by atoms with E-state index in [9.17, 15) is 8.42 Å². The van der Waals surface area contributed by atoms with Crippen molar-refractivity contribution in [2.45, 2.75) is 32.6 Å². The van der Waals surface area contributed by atoms with Gasteiger partial charge in [0.05, 0.1) is 5.75 Å². The fraction of sp³-hybridized carbons (Fsp3) is 0.818. The van der Waals surface area contributed by atoms with Gasteiger partial charge in [-0.1, -0.05) is 18.6 Å². The Bertz CT molecular complexity index is 369. The van der Waals surface area contributed by atoms with Gasteiger partial charge in [0.1, 0.15) is 0 Å². The zero-order valence-corrected chi connectivity index (χ0v) is 9.83. The van der Waals surface area contributed by atoms with Crippen LogP contribution in [0.3, 0.4) is 0 Å². The van der Waals surface area contributed by atoms with Crippen LogP contribution in [0.5, 0.6) is 0 Å². The molecule has 0 saturated heterocycles. The van der Waals surface area contributed by atoms with Gasteiger partial charge in [-0.25, -0.2) is 0 Å². The summed E-state index contributed by atoms with van der Waals surface area (Å²) in [7, 11) is -3.80. The summed E-state index contributed by atoms with van der Waals surface area (Å²) >= 11 is 0. The molecular weight excluding hydrogens is 212 g/mol. The summed E-state index contributed by atoms with van der Waals surface area (Å²) in [6.45, 7) is 2.22. The average Bonchev–Trinajstić information content (AvgIpc) is 1.96. The van der Waals surface area contributed by atoms with Crippen molar-refractivity contribution < 1.29 is 13.0 Å². The first-order chi connectivity index (χ1) is 6.92. The fourth-order valence-corrected chi connectivity index (χ4v) is 4.05. The van der Waals surface area contributed by atoms with Gasteiger partial charge in [-0.3, -0.25) is 4.55 Å². The van der Waals surface area contributed by atoms with Gasteiger partial charge < -0.3 is 0 Å². The van der Waals surface area contributed by atoms with Crippen molar-refractivity contribution in [2.24, 2.45) is 17.8 Å². The second kappa shape index (κ2) is 3.91. The highest BCUT2D eigenvalue weighted by atomic mass is 32.2. The third-order valence-electron chi connectivity index (χ3n) is 3.44. The van der Waals surface area contributed by atoms with E-state index in [1.807, 2.05) is 0 Å². The molecular formula is C11H18O3S. The molecule has 0 aliphatic heterocycles. The number of fused-ring (bicyclic) bond motifs is 2. The molecule has 0 aromatic rings. The monoisotopic (exact) mass is 230 g/mol. The Morgan fingerprint density at radius 3 is 2.73 bits per heavy atom. The first-order valence-corrected chi connectivity index (χ1v) is 7.18. The molecule has 0 radical (unpaired) electrons. The molecule has 1 fully saturated rings. The molecule has 86 valence electrons. The van der Waals surface area contributed by atoms with Crippen LogP contribution in [-0.4, -0.2) is 18.7 Å². The molecule has 3 nitrogen and oxygen atoms in total. The highest BCUT2D eigenvalue weighted by Crippen LogP contribution is 2.41. The van der Waals surface area contributed by atoms with Crippen molar-refractivity contribution in [1.82, 2.24) is 0 Å². The average molecular weight is 230 g/mol. The molecule has 0 amide bonds. The SMILES string of the molecule is CC1C=C2CC(C1)CC(CS(=O)(=O)O)C2. The number of allylic oxidation sites excluding steroid dienone is 2. The van der Waals surface area contributed by atoms with E-state index in [2.05, 4.69) is 13.0 Å². The molecule has 2 rings (SSSR count). The van der Waals surface area contributed by atoms with Crippen LogP contribution in [0.1, 0.15) is 32.6 Å². The normalized spacial score (nSPS) is 36.1. The van der Waals surface area contributed by atoms with Crippen molar-refractivity contribution in [1.29, 1.82) is 0 Å². The molecule has 0 aromatic heterocycles. The lowest BCUT2D eigenvalue weighted by molar-refractivity contribution is 0.278. The van der Waals surface area contributed by atoms with E-state index in [-0.39, 0.29) is 11.7 Å². The van der Waals surface area contributed by atoms with E-state index in [0.29, 0.717) is 11.8 Å². The molecule has 2 aliphatic carbocycles. The summed E-state index contributed by atoms with van der Waals surface area (Å²) < 4.78 is 30.5. The predicted octanol–water partition coefficient (Wildman–Crippen LogP) is 2.26.